The minimum atomic E-state index is 0. The molecule has 0 nitrogen and oxygen atoms in total. The second-order valence-electron chi connectivity index (χ2n) is 1.09. The van der Waals surface area contributed by atoms with Crippen LogP contribution in [0.25, 0.3) is 0 Å². The van der Waals surface area contributed by atoms with Crippen molar-refractivity contribution >= 4 is 0 Å². The van der Waals surface area contributed by atoms with Crippen molar-refractivity contribution in [2.75, 3.05) is 0 Å². The molecule has 1 heteroatoms. The monoisotopic (exact) mass is 105 g/mol. The van der Waals surface area contributed by atoms with Gasteiger partial charge in [0.15, 0.2) is 0 Å². The van der Waals surface area contributed by atoms with Crippen LogP contribution in [0.5, 0.6) is 0 Å². The van der Waals surface area contributed by atoms with E-state index in [1.54, 1.807) is 0 Å². The third-order valence-corrected chi connectivity index (χ3v) is 0.655. The van der Waals surface area contributed by atoms with Crippen LogP contribution in [0.3, 0.4) is 0 Å². The molecule has 0 bridgehead atoms. The zero-order valence-electron chi connectivity index (χ0n) is 4.02. The molecule has 0 N–H and O–H groups in total. The Labute approximate surface area is 80.7 Å². The van der Waals surface area contributed by atoms with Crippen LogP contribution in [0.4, 0.5) is 0 Å². The Kier molecular flexibility index (Phi) is 5.08. The van der Waals surface area contributed by atoms with Crippen molar-refractivity contribution in [2.45, 2.75) is 6.42 Å². The van der Waals surface area contributed by atoms with Gasteiger partial charge in [-0.3, -0.25) is 0 Å². The Hall–Kier alpha value is 1.12. The molecule has 0 saturated carbocycles. The molecule has 1 rings (SSSR count). The van der Waals surface area contributed by atoms with Gasteiger partial charge >= 0.3 is 51.4 Å². The van der Waals surface area contributed by atoms with E-state index in [0.29, 0.717) is 0 Å². The minimum absolute atomic E-state index is 0. The molecule has 0 aromatic rings. The molecule has 0 amide bonds. The molecule has 0 radical (unpaired) electrons. The summed E-state index contributed by atoms with van der Waals surface area (Å²) in [4.78, 5) is 0. The Morgan fingerprint density at radius 1 is 1.00 bits per heavy atom. The molecular weight excluding hydrogens is 99.2 g/mol. The first kappa shape index (κ1) is 7.12. The molecule has 0 unspecified atom stereocenters. The predicted octanol–water partition coefficient (Wildman–Crippen LogP) is -1.49. The molecule has 0 fully saturated rings. The zero-order valence-corrected chi connectivity index (χ0v) is 7.14. The summed E-state index contributed by atoms with van der Waals surface area (Å²) in [5.41, 5.74) is 0. The van der Waals surface area contributed by atoms with Crippen LogP contribution >= 0.6 is 0 Å². The predicted molar refractivity (Wildman–Crippen MR) is 22.9 cm³/mol. The maximum absolute atomic E-state index is 2.12. The standard InChI is InChI=1S/C5H6.K/c1-2-4-5-3-1;/h1-4H,5H2;/q;+1. The third-order valence-electron chi connectivity index (χ3n) is 0.655. The maximum atomic E-state index is 2.12. The molecule has 0 spiro atoms. The van der Waals surface area contributed by atoms with Gasteiger partial charge in [-0.25, -0.2) is 0 Å². The first-order valence-electron chi connectivity index (χ1n) is 1.82. The van der Waals surface area contributed by atoms with Gasteiger partial charge in [-0.2, -0.15) is 0 Å². The number of allylic oxidation sites excluding steroid dienone is 4. The van der Waals surface area contributed by atoms with E-state index in [2.05, 4.69) is 24.3 Å². The van der Waals surface area contributed by atoms with Gasteiger partial charge in [0.05, 0.1) is 0 Å². The summed E-state index contributed by atoms with van der Waals surface area (Å²) in [7, 11) is 0. The van der Waals surface area contributed by atoms with Crippen molar-refractivity contribution in [2.24, 2.45) is 0 Å². The number of hydrogen-bond donors (Lipinski definition) is 0. The fourth-order valence-corrected chi connectivity index (χ4v) is 0.393. The van der Waals surface area contributed by atoms with Crippen LogP contribution in [0.2, 0.25) is 0 Å². The Bertz CT molecular complexity index is 62.0. The average molecular weight is 105 g/mol. The largest absolute Gasteiger partial charge is 1.00 e. The quantitative estimate of drug-likeness (QED) is 0.329. The van der Waals surface area contributed by atoms with E-state index < -0.39 is 0 Å². The normalized spacial score (nSPS) is 14.7. The van der Waals surface area contributed by atoms with Crippen LogP contribution < -0.4 is 51.4 Å². The second kappa shape index (κ2) is 4.28. The summed E-state index contributed by atoms with van der Waals surface area (Å²) < 4.78 is 0. The van der Waals surface area contributed by atoms with Gasteiger partial charge in [0, 0.05) is 0 Å². The maximum Gasteiger partial charge on any atom is 1.00 e. The van der Waals surface area contributed by atoms with Gasteiger partial charge in [-0.15, -0.1) is 0 Å². The van der Waals surface area contributed by atoms with Crippen molar-refractivity contribution in [3.8, 4) is 0 Å². The Morgan fingerprint density at radius 2 is 1.50 bits per heavy atom. The van der Waals surface area contributed by atoms with E-state index in [1.165, 1.54) is 0 Å². The van der Waals surface area contributed by atoms with Crippen LogP contribution in [-0.4, -0.2) is 0 Å². The van der Waals surface area contributed by atoms with Gasteiger partial charge in [0.1, 0.15) is 0 Å². The summed E-state index contributed by atoms with van der Waals surface area (Å²) in [5.74, 6) is 0. The first-order valence-corrected chi connectivity index (χ1v) is 1.82. The van der Waals surface area contributed by atoms with Crippen LogP contribution in [0.1, 0.15) is 6.42 Å². The molecule has 0 aromatic heterocycles. The molecule has 0 atom stereocenters. The summed E-state index contributed by atoms with van der Waals surface area (Å²) in [6, 6.07) is 0. The Morgan fingerprint density at radius 3 is 1.67 bits per heavy atom. The van der Waals surface area contributed by atoms with Crippen molar-refractivity contribution in [3.05, 3.63) is 24.3 Å². The third kappa shape index (κ3) is 2.32. The van der Waals surface area contributed by atoms with E-state index in [-0.39, 0.29) is 51.4 Å². The molecule has 0 heterocycles. The number of hydrogen-bond acceptors (Lipinski definition) is 0. The summed E-state index contributed by atoms with van der Waals surface area (Å²) >= 11 is 0. The Balaban J connectivity index is 0.000000250. The fourth-order valence-electron chi connectivity index (χ4n) is 0.393. The van der Waals surface area contributed by atoms with Crippen LogP contribution in [0.15, 0.2) is 24.3 Å². The van der Waals surface area contributed by atoms with E-state index >= 15 is 0 Å². The molecule has 0 aromatic carbocycles. The second-order valence-corrected chi connectivity index (χ2v) is 1.09. The molecule has 0 saturated heterocycles. The van der Waals surface area contributed by atoms with Crippen molar-refractivity contribution in [3.63, 3.8) is 0 Å². The fraction of sp³-hybridized carbons (Fsp3) is 0.200. The van der Waals surface area contributed by atoms with Crippen molar-refractivity contribution in [1.82, 2.24) is 0 Å². The zero-order chi connectivity index (χ0) is 3.54. The topological polar surface area (TPSA) is 0 Å². The van der Waals surface area contributed by atoms with Gasteiger partial charge in [-0.05, 0) is 6.42 Å². The average Bonchev–Trinajstić information content (AvgIpc) is 1.76. The molecule has 6 heavy (non-hydrogen) atoms. The minimum Gasteiger partial charge on any atom is -0.0808 e. The van der Waals surface area contributed by atoms with E-state index in [4.69, 9.17) is 0 Å². The molecule has 1 aliphatic rings. The van der Waals surface area contributed by atoms with E-state index in [0.717, 1.165) is 6.42 Å². The van der Waals surface area contributed by atoms with Crippen LogP contribution in [-0.2, 0) is 0 Å². The number of rotatable bonds is 0. The summed E-state index contributed by atoms with van der Waals surface area (Å²) in [5, 5.41) is 0. The first-order chi connectivity index (χ1) is 2.50. The molecular formula is C5H6K+. The molecule has 0 aliphatic heterocycles. The summed E-state index contributed by atoms with van der Waals surface area (Å²) in [6.07, 6.45) is 9.50. The van der Waals surface area contributed by atoms with Gasteiger partial charge in [0.25, 0.3) is 0 Å². The van der Waals surface area contributed by atoms with Gasteiger partial charge in [0.2, 0.25) is 0 Å². The van der Waals surface area contributed by atoms with E-state index in [9.17, 15) is 0 Å². The summed E-state index contributed by atoms with van der Waals surface area (Å²) in [6.45, 7) is 0. The van der Waals surface area contributed by atoms with Gasteiger partial charge < -0.3 is 0 Å². The molecule has 1 aliphatic carbocycles. The van der Waals surface area contributed by atoms with E-state index in [1.807, 2.05) is 0 Å². The smallest absolute Gasteiger partial charge is 0.0808 e. The van der Waals surface area contributed by atoms with Crippen molar-refractivity contribution < 1.29 is 51.4 Å². The molecule has 26 valence electrons. The van der Waals surface area contributed by atoms with Crippen LogP contribution in [0, 0.1) is 0 Å². The van der Waals surface area contributed by atoms with Gasteiger partial charge in [-0.1, -0.05) is 24.3 Å². The SMILES string of the molecule is C1=CCC=C1.[K+]. The van der Waals surface area contributed by atoms with Crippen molar-refractivity contribution in [1.29, 1.82) is 0 Å².